The van der Waals surface area contributed by atoms with Gasteiger partial charge in [0.25, 0.3) is 0 Å². The summed E-state index contributed by atoms with van der Waals surface area (Å²) in [4.78, 5) is 22.2. The van der Waals surface area contributed by atoms with Gasteiger partial charge in [-0.1, -0.05) is 70.1 Å². The van der Waals surface area contributed by atoms with Gasteiger partial charge in [0.15, 0.2) is 5.12 Å². The van der Waals surface area contributed by atoms with Crippen LogP contribution in [0.25, 0.3) is 0 Å². The molecule has 0 aromatic rings. The van der Waals surface area contributed by atoms with Crippen molar-refractivity contribution in [3.63, 3.8) is 0 Å². The molecule has 1 amide bonds. The summed E-state index contributed by atoms with van der Waals surface area (Å²) in [5.74, 6) is 0.580. The first-order valence-electron chi connectivity index (χ1n) is 9.46. The van der Waals surface area contributed by atoms with Crippen LogP contribution in [0.2, 0.25) is 0 Å². The zero-order valence-electron chi connectivity index (χ0n) is 15.6. The van der Waals surface area contributed by atoms with E-state index in [9.17, 15) is 9.59 Å². The van der Waals surface area contributed by atoms with Crippen molar-refractivity contribution >= 4 is 22.8 Å². The van der Waals surface area contributed by atoms with Gasteiger partial charge < -0.3 is 5.32 Å². The zero-order valence-corrected chi connectivity index (χ0v) is 16.4. The molecule has 0 aliphatic rings. The van der Waals surface area contributed by atoms with Crippen molar-refractivity contribution in [2.24, 2.45) is 0 Å². The highest BCUT2D eigenvalue weighted by molar-refractivity contribution is 8.13. The Morgan fingerprint density at radius 1 is 0.958 bits per heavy atom. The van der Waals surface area contributed by atoms with E-state index < -0.39 is 0 Å². The van der Waals surface area contributed by atoms with E-state index in [0.717, 1.165) is 6.42 Å². The number of carbonyl (C=O) groups excluding carboxylic acids is 2. The molecule has 0 saturated carbocycles. The third kappa shape index (κ3) is 19.1. The van der Waals surface area contributed by atoms with Gasteiger partial charge in [-0.05, 0) is 25.0 Å². The fraction of sp³-hybridized carbons (Fsp3) is 0.750. The third-order valence-corrected chi connectivity index (χ3v) is 4.59. The number of amides is 1. The van der Waals surface area contributed by atoms with Crippen molar-refractivity contribution < 1.29 is 9.59 Å². The molecule has 3 nitrogen and oxygen atoms in total. The molecule has 0 atom stereocenters. The maximum Gasteiger partial charge on any atom is 0.216 e. The van der Waals surface area contributed by atoms with Crippen LogP contribution in [0.3, 0.4) is 0 Å². The van der Waals surface area contributed by atoms with Crippen molar-refractivity contribution in [2.75, 3.05) is 12.3 Å². The number of rotatable bonds is 15. The first kappa shape index (κ1) is 23.0. The Bertz CT molecular complexity index is 387. The van der Waals surface area contributed by atoms with Crippen molar-refractivity contribution in [1.29, 1.82) is 0 Å². The number of unbranched alkanes of at least 4 members (excludes halogenated alkanes) is 9. The first-order valence-corrected chi connectivity index (χ1v) is 10.4. The number of allylic oxidation sites excluding steroid dienone is 1. The van der Waals surface area contributed by atoms with Gasteiger partial charge in [-0.25, -0.2) is 0 Å². The summed E-state index contributed by atoms with van der Waals surface area (Å²) in [6.07, 6.45) is 17.4. The molecule has 24 heavy (non-hydrogen) atoms. The molecule has 0 bridgehead atoms. The molecule has 0 saturated heterocycles. The summed E-state index contributed by atoms with van der Waals surface area (Å²) in [6, 6.07) is 0. The lowest BCUT2D eigenvalue weighted by Gasteiger charge is -2.00. The Morgan fingerprint density at radius 2 is 1.58 bits per heavy atom. The van der Waals surface area contributed by atoms with E-state index >= 15 is 0 Å². The van der Waals surface area contributed by atoms with Crippen molar-refractivity contribution in [2.45, 2.75) is 84.5 Å². The van der Waals surface area contributed by atoms with Gasteiger partial charge in [-0.2, -0.15) is 0 Å². The third-order valence-electron chi connectivity index (χ3n) is 3.70. The van der Waals surface area contributed by atoms with E-state index in [4.69, 9.17) is 0 Å². The summed E-state index contributed by atoms with van der Waals surface area (Å²) in [6.45, 7) is 4.28. The SMILES string of the molecule is CCCCCCCCCCCC=C=CCC(=O)SCCNC(C)=O. The Kier molecular flexibility index (Phi) is 17.6. The molecule has 0 radical (unpaired) electrons. The molecule has 0 rings (SSSR count). The molecule has 138 valence electrons. The van der Waals surface area contributed by atoms with Crippen LogP contribution in [0.1, 0.15) is 84.5 Å². The molecule has 4 heteroatoms. The molecule has 0 unspecified atom stereocenters. The smallest absolute Gasteiger partial charge is 0.216 e. The summed E-state index contributed by atoms with van der Waals surface area (Å²) < 4.78 is 0. The van der Waals surface area contributed by atoms with Crippen LogP contribution in [0.5, 0.6) is 0 Å². The standard InChI is InChI=1S/C20H35NO2S/c1-3-4-5-6-7-8-9-10-11-12-13-14-15-16-20(23)24-18-17-21-19(2)22/h13,15H,3-12,16-18H2,1-2H3,(H,21,22). The van der Waals surface area contributed by atoms with Gasteiger partial charge in [-0.15, -0.1) is 5.73 Å². The van der Waals surface area contributed by atoms with E-state index in [0.29, 0.717) is 18.7 Å². The summed E-state index contributed by atoms with van der Waals surface area (Å²) >= 11 is 1.26. The second kappa shape index (κ2) is 18.4. The van der Waals surface area contributed by atoms with Crippen molar-refractivity contribution in [3.05, 3.63) is 17.9 Å². The average Bonchev–Trinajstić information content (AvgIpc) is 2.55. The molecular formula is C20H35NO2S. The summed E-state index contributed by atoms with van der Waals surface area (Å²) in [5, 5.41) is 2.80. The van der Waals surface area contributed by atoms with Crippen LogP contribution in [-0.2, 0) is 9.59 Å². The number of thioether (sulfide) groups is 1. The average molecular weight is 354 g/mol. The van der Waals surface area contributed by atoms with E-state index in [1.54, 1.807) is 0 Å². The van der Waals surface area contributed by atoms with Gasteiger partial charge in [0.2, 0.25) is 5.91 Å². The van der Waals surface area contributed by atoms with Crippen LogP contribution in [0.15, 0.2) is 17.9 Å². The predicted molar refractivity (Wildman–Crippen MR) is 105 cm³/mol. The molecule has 0 spiro atoms. The number of hydrogen-bond acceptors (Lipinski definition) is 3. The highest BCUT2D eigenvalue weighted by Gasteiger charge is 1.99. The minimum absolute atomic E-state index is 0.0534. The quantitative estimate of drug-likeness (QED) is 0.316. The largest absolute Gasteiger partial charge is 0.356 e. The second-order valence-electron chi connectivity index (χ2n) is 6.10. The number of carbonyl (C=O) groups is 2. The molecular weight excluding hydrogens is 318 g/mol. The van der Waals surface area contributed by atoms with Gasteiger partial charge in [0, 0.05) is 25.6 Å². The van der Waals surface area contributed by atoms with Gasteiger partial charge in [0.05, 0.1) is 0 Å². The Labute approximate surface area is 152 Å². The normalized spacial score (nSPS) is 10.1. The molecule has 0 aromatic heterocycles. The minimum Gasteiger partial charge on any atom is -0.356 e. The van der Waals surface area contributed by atoms with Crippen molar-refractivity contribution in [1.82, 2.24) is 5.32 Å². The molecule has 0 aliphatic heterocycles. The maximum absolute atomic E-state index is 11.6. The minimum atomic E-state index is -0.0534. The molecule has 0 aromatic carbocycles. The van der Waals surface area contributed by atoms with Gasteiger partial charge in [-0.3, -0.25) is 9.59 Å². The molecule has 0 fully saturated rings. The molecule has 1 N–H and O–H groups in total. The highest BCUT2D eigenvalue weighted by Crippen LogP contribution is 2.10. The fourth-order valence-electron chi connectivity index (χ4n) is 2.32. The Morgan fingerprint density at radius 3 is 2.21 bits per heavy atom. The Balaban J connectivity index is 3.38. The van der Waals surface area contributed by atoms with Crippen molar-refractivity contribution in [3.8, 4) is 0 Å². The van der Waals surface area contributed by atoms with E-state index in [1.165, 1.54) is 76.5 Å². The number of nitrogens with one attached hydrogen (secondary N) is 1. The zero-order chi connectivity index (χ0) is 17.9. The second-order valence-corrected chi connectivity index (χ2v) is 7.25. The monoisotopic (exact) mass is 353 g/mol. The van der Waals surface area contributed by atoms with Gasteiger partial charge in [0.1, 0.15) is 0 Å². The van der Waals surface area contributed by atoms with Gasteiger partial charge >= 0.3 is 0 Å². The lowest BCUT2D eigenvalue weighted by Crippen LogP contribution is -2.22. The number of hydrogen-bond donors (Lipinski definition) is 1. The predicted octanol–water partition coefficient (Wildman–Crippen LogP) is 5.40. The lowest BCUT2D eigenvalue weighted by atomic mass is 10.1. The topological polar surface area (TPSA) is 46.2 Å². The van der Waals surface area contributed by atoms with Crippen LogP contribution in [0.4, 0.5) is 0 Å². The van der Waals surface area contributed by atoms with E-state index in [1.807, 2.05) is 12.2 Å². The summed E-state index contributed by atoms with van der Waals surface area (Å²) in [7, 11) is 0. The van der Waals surface area contributed by atoms with E-state index in [-0.39, 0.29) is 11.0 Å². The lowest BCUT2D eigenvalue weighted by molar-refractivity contribution is -0.118. The highest BCUT2D eigenvalue weighted by atomic mass is 32.2. The first-order chi connectivity index (χ1) is 11.7. The van der Waals surface area contributed by atoms with Crippen LogP contribution >= 0.6 is 11.8 Å². The molecule has 0 heterocycles. The molecule has 0 aliphatic carbocycles. The van der Waals surface area contributed by atoms with E-state index in [2.05, 4.69) is 18.0 Å². The Hall–Kier alpha value is -0.990. The van der Waals surface area contributed by atoms with Crippen LogP contribution in [0, 0.1) is 0 Å². The van der Waals surface area contributed by atoms with Crippen LogP contribution in [-0.4, -0.2) is 23.3 Å². The summed E-state index contributed by atoms with van der Waals surface area (Å²) in [5.41, 5.74) is 3.10. The maximum atomic E-state index is 11.6. The van der Waals surface area contributed by atoms with Crippen LogP contribution < -0.4 is 5.32 Å². The fourth-order valence-corrected chi connectivity index (χ4v) is 2.95.